The quantitative estimate of drug-likeness (QED) is 0.732. The monoisotopic (exact) mass is 403 g/mol. The van der Waals surface area contributed by atoms with Crippen LogP contribution in [0.3, 0.4) is 0 Å². The summed E-state index contributed by atoms with van der Waals surface area (Å²) in [6.45, 7) is -0.908. The highest BCUT2D eigenvalue weighted by Gasteiger charge is 2.40. The highest BCUT2D eigenvalue weighted by Crippen LogP contribution is 2.29. The largest absolute Gasteiger partial charge is 0.481 e. The summed E-state index contributed by atoms with van der Waals surface area (Å²) in [5, 5.41) is 8.45. The molecular formula is C12H13BrF3NO4S. The summed E-state index contributed by atoms with van der Waals surface area (Å²) in [6.07, 6.45) is -6.07. The number of carboxylic acid groups (broad SMARTS) is 1. The van der Waals surface area contributed by atoms with Gasteiger partial charge in [-0.05, 0) is 30.7 Å². The van der Waals surface area contributed by atoms with Gasteiger partial charge in [0.1, 0.15) is 0 Å². The van der Waals surface area contributed by atoms with E-state index in [9.17, 15) is 26.4 Å². The average Bonchev–Trinajstić information content (AvgIpc) is 2.37. The standard InChI is InChI=1S/C12H13BrF3NO4S/c13-9-2-4-10(5-3-9)22(20,21)17-7-8(12(14,15)16)1-6-11(18)19/h2-5,8,17H,1,6-7H2,(H,18,19). The molecule has 0 amide bonds. The molecule has 5 nitrogen and oxygen atoms in total. The fraction of sp³-hybridized carbons (Fsp3) is 0.417. The van der Waals surface area contributed by atoms with Crippen LogP contribution < -0.4 is 4.72 Å². The van der Waals surface area contributed by atoms with E-state index in [1.807, 2.05) is 4.72 Å². The van der Waals surface area contributed by atoms with Gasteiger partial charge in [-0.3, -0.25) is 4.79 Å². The molecule has 0 spiro atoms. The Kier molecular flexibility index (Phi) is 6.38. The van der Waals surface area contributed by atoms with Crippen molar-refractivity contribution >= 4 is 31.9 Å². The minimum atomic E-state index is -4.68. The number of sulfonamides is 1. The van der Waals surface area contributed by atoms with Crippen LogP contribution >= 0.6 is 15.9 Å². The van der Waals surface area contributed by atoms with Crippen LogP contribution in [0.2, 0.25) is 0 Å². The SMILES string of the molecule is O=C(O)CCC(CNS(=O)(=O)c1ccc(Br)cc1)C(F)(F)F. The maximum atomic E-state index is 12.8. The van der Waals surface area contributed by atoms with Crippen LogP contribution in [0.4, 0.5) is 13.2 Å². The molecule has 0 saturated carbocycles. The lowest BCUT2D eigenvalue weighted by molar-refractivity contribution is -0.175. The van der Waals surface area contributed by atoms with E-state index in [1.54, 1.807) is 0 Å². The Morgan fingerprint density at radius 3 is 2.27 bits per heavy atom. The van der Waals surface area contributed by atoms with Crippen molar-refractivity contribution in [2.45, 2.75) is 23.9 Å². The highest BCUT2D eigenvalue weighted by atomic mass is 79.9. The molecule has 1 rings (SSSR count). The molecule has 0 heterocycles. The second-order valence-corrected chi connectivity index (χ2v) is 7.16. The molecule has 0 aromatic heterocycles. The first kappa shape index (κ1) is 18.9. The van der Waals surface area contributed by atoms with Gasteiger partial charge in [-0.1, -0.05) is 15.9 Å². The predicted molar refractivity (Wildman–Crippen MR) is 75.7 cm³/mol. The highest BCUT2D eigenvalue weighted by molar-refractivity contribution is 9.10. The third-order valence-electron chi connectivity index (χ3n) is 2.81. The molecule has 0 fully saturated rings. The van der Waals surface area contributed by atoms with Crippen molar-refractivity contribution in [2.75, 3.05) is 6.54 Å². The summed E-state index contributed by atoms with van der Waals surface area (Å²) < 4.78 is 64.6. The van der Waals surface area contributed by atoms with Crippen molar-refractivity contribution in [3.63, 3.8) is 0 Å². The number of halogens is 4. The first-order valence-electron chi connectivity index (χ1n) is 6.06. The number of carbonyl (C=O) groups is 1. The molecule has 0 bridgehead atoms. The lowest BCUT2D eigenvalue weighted by Crippen LogP contribution is -2.36. The smallest absolute Gasteiger partial charge is 0.393 e. The summed E-state index contributed by atoms with van der Waals surface area (Å²) in [7, 11) is -4.09. The van der Waals surface area contributed by atoms with Crippen molar-refractivity contribution in [3.05, 3.63) is 28.7 Å². The summed E-state index contributed by atoms with van der Waals surface area (Å²) in [4.78, 5) is 10.2. The Morgan fingerprint density at radius 2 is 1.82 bits per heavy atom. The van der Waals surface area contributed by atoms with E-state index in [0.717, 1.165) is 0 Å². The summed E-state index contributed by atoms with van der Waals surface area (Å²) >= 11 is 3.11. The lowest BCUT2D eigenvalue weighted by atomic mass is 10.0. The van der Waals surface area contributed by atoms with Crippen molar-refractivity contribution in [2.24, 2.45) is 5.92 Å². The Labute approximate surface area is 133 Å². The van der Waals surface area contributed by atoms with Gasteiger partial charge in [-0.15, -0.1) is 0 Å². The number of hydrogen-bond donors (Lipinski definition) is 2. The van der Waals surface area contributed by atoms with Gasteiger partial charge in [0.2, 0.25) is 10.0 Å². The zero-order valence-corrected chi connectivity index (χ0v) is 13.5. The molecule has 2 N–H and O–H groups in total. The second-order valence-electron chi connectivity index (χ2n) is 4.48. The molecule has 124 valence electrons. The van der Waals surface area contributed by atoms with E-state index in [-0.39, 0.29) is 4.90 Å². The first-order valence-corrected chi connectivity index (χ1v) is 8.34. The van der Waals surface area contributed by atoms with Crippen molar-refractivity contribution in [1.29, 1.82) is 0 Å². The number of benzene rings is 1. The zero-order chi connectivity index (χ0) is 17.0. The Bertz CT molecular complexity index is 616. The van der Waals surface area contributed by atoms with Gasteiger partial charge in [0.25, 0.3) is 0 Å². The minimum absolute atomic E-state index is 0.171. The zero-order valence-electron chi connectivity index (χ0n) is 11.1. The Morgan fingerprint density at radius 1 is 1.27 bits per heavy atom. The van der Waals surface area contributed by atoms with Gasteiger partial charge in [-0.2, -0.15) is 13.2 Å². The van der Waals surface area contributed by atoms with Crippen LogP contribution in [-0.4, -0.2) is 32.2 Å². The maximum absolute atomic E-state index is 12.8. The van der Waals surface area contributed by atoms with Gasteiger partial charge in [0.05, 0.1) is 10.8 Å². The van der Waals surface area contributed by atoms with E-state index in [1.165, 1.54) is 24.3 Å². The summed E-state index contributed by atoms with van der Waals surface area (Å²) in [5.74, 6) is -3.43. The van der Waals surface area contributed by atoms with Crippen LogP contribution in [0.25, 0.3) is 0 Å². The minimum Gasteiger partial charge on any atom is -0.481 e. The molecule has 0 aliphatic rings. The van der Waals surface area contributed by atoms with Crippen LogP contribution in [0, 0.1) is 5.92 Å². The summed E-state index contributed by atoms with van der Waals surface area (Å²) in [5.41, 5.74) is 0. The second kappa shape index (κ2) is 7.42. The number of aliphatic carboxylic acids is 1. The topological polar surface area (TPSA) is 83.5 Å². The van der Waals surface area contributed by atoms with E-state index in [0.29, 0.717) is 4.47 Å². The van der Waals surface area contributed by atoms with E-state index < -0.39 is 47.5 Å². The molecule has 0 radical (unpaired) electrons. The van der Waals surface area contributed by atoms with Crippen molar-refractivity contribution in [1.82, 2.24) is 4.72 Å². The molecule has 0 saturated heterocycles. The third kappa shape index (κ3) is 5.93. The molecule has 0 aliphatic carbocycles. The van der Waals surface area contributed by atoms with E-state index >= 15 is 0 Å². The van der Waals surface area contributed by atoms with Crippen LogP contribution in [-0.2, 0) is 14.8 Å². The van der Waals surface area contributed by atoms with Crippen LogP contribution in [0.5, 0.6) is 0 Å². The predicted octanol–water partition coefficient (Wildman–Crippen LogP) is 2.77. The molecule has 1 unspecified atom stereocenters. The number of nitrogens with one attached hydrogen (secondary N) is 1. The molecule has 1 aromatic carbocycles. The van der Waals surface area contributed by atoms with Crippen molar-refractivity contribution < 1.29 is 31.5 Å². The average molecular weight is 404 g/mol. The number of carboxylic acids is 1. The molecule has 1 aromatic rings. The van der Waals surface area contributed by atoms with Gasteiger partial charge < -0.3 is 5.11 Å². The van der Waals surface area contributed by atoms with Gasteiger partial charge in [-0.25, -0.2) is 13.1 Å². The number of hydrogen-bond acceptors (Lipinski definition) is 3. The van der Waals surface area contributed by atoms with Gasteiger partial charge in [0, 0.05) is 17.4 Å². The lowest BCUT2D eigenvalue weighted by Gasteiger charge is -2.20. The first-order chi connectivity index (χ1) is 10.0. The number of rotatable bonds is 7. The molecule has 1 atom stereocenters. The fourth-order valence-electron chi connectivity index (χ4n) is 1.59. The normalized spacial score (nSPS) is 13.8. The van der Waals surface area contributed by atoms with Gasteiger partial charge in [0.15, 0.2) is 0 Å². The fourth-order valence-corrected chi connectivity index (χ4v) is 2.93. The van der Waals surface area contributed by atoms with E-state index in [4.69, 9.17) is 5.11 Å². The molecule has 10 heteroatoms. The molecule has 0 aliphatic heterocycles. The third-order valence-corrected chi connectivity index (χ3v) is 4.78. The van der Waals surface area contributed by atoms with Crippen molar-refractivity contribution in [3.8, 4) is 0 Å². The molecular weight excluding hydrogens is 391 g/mol. The van der Waals surface area contributed by atoms with E-state index in [2.05, 4.69) is 15.9 Å². The summed E-state index contributed by atoms with van der Waals surface area (Å²) in [6, 6.07) is 5.37. The Hall–Kier alpha value is -1.13. The van der Waals surface area contributed by atoms with Crippen LogP contribution in [0.1, 0.15) is 12.8 Å². The molecule has 22 heavy (non-hydrogen) atoms. The Balaban J connectivity index is 2.78. The number of alkyl halides is 3. The maximum Gasteiger partial charge on any atom is 0.393 e. The van der Waals surface area contributed by atoms with Gasteiger partial charge >= 0.3 is 12.1 Å². The van der Waals surface area contributed by atoms with Crippen LogP contribution in [0.15, 0.2) is 33.6 Å².